The van der Waals surface area contributed by atoms with Gasteiger partial charge >= 0.3 is 12.1 Å². The lowest BCUT2D eigenvalue weighted by Crippen LogP contribution is -2.32. The van der Waals surface area contributed by atoms with Crippen molar-refractivity contribution in [1.82, 2.24) is 4.90 Å². The van der Waals surface area contributed by atoms with Gasteiger partial charge in [0.25, 0.3) is 5.91 Å². The maximum atomic E-state index is 13.9. The zero-order valence-corrected chi connectivity index (χ0v) is 18.3. The van der Waals surface area contributed by atoms with E-state index in [2.05, 4.69) is 5.32 Å². The maximum absolute atomic E-state index is 13.9. The normalized spacial score (nSPS) is 13.9. The van der Waals surface area contributed by atoms with Crippen molar-refractivity contribution in [2.45, 2.75) is 19.8 Å². The van der Waals surface area contributed by atoms with E-state index in [0.717, 1.165) is 17.7 Å². The number of anilines is 1. The molecule has 0 aliphatic carbocycles. The van der Waals surface area contributed by atoms with Crippen molar-refractivity contribution in [3.63, 3.8) is 0 Å². The number of halogens is 2. The Balaban J connectivity index is 1.84. The Morgan fingerprint density at radius 3 is 2.24 bits per heavy atom. The van der Waals surface area contributed by atoms with E-state index >= 15 is 0 Å². The highest BCUT2D eigenvalue weighted by atomic mass is 19.1. The lowest BCUT2D eigenvalue weighted by Gasteiger charge is -2.18. The number of carbonyl (C=O) groups excluding carboxylic acids is 3. The number of nitrogens with zero attached hydrogens (tertiary/aromatic N) is 1. The van der Waals surface area contributed by atoms with Gasteiger partial charge in [-0.05, 0) is 55.2 Å². The second-order valence-corrected chi connectivity index (χ2v) is 7.26. The van der Waals surface area contributed by atoms with E-state index in [1.165, 1.54) is 18.1 Å². The van der Waals surface area contributed by atoms with Crippen molar-refractivity contribution in [2.24, 2.45) is 0 Å². The number of hydrogen-bond acceptors (Lipinski definition) is 5. The number of esters is 1. The Bertz CT molecular complexity index is 1060. The molecular weight excluding hydrogens is 434 g/mol. The first-order valence-corrected chi connectivity index (χ1v) is 10.4. The summed E-state index contributed by atoms with van der Waals surface area (Å²) in [6.07, 6.45) is 0.224. The number of ether oxygens (including phenoxy) is 2. The number of carbonyl (C=O) groups is 3. The maximum Gasteiger partial charge on any atom is 0.409 e. The van der Waals surface area contributed by atoms with Crippen LogP contribution in [-0.4, -0.2) is 49.7 Å². The van der Waals surface area contributed by atoms with Crippen LogP contribution in [0.25, 0.3) is 5.57 Å². The summed E-state index contributed by atoms with van der Waals surface area (Å²) < 4.78 is 37.7. The molecule has 9 heteroatoms. The fourth-order valence-corrected chi connectivity index (χ4v) is 3.64. The SMILES string of the molecule is CCOC(=O)C1=C(c2ccc(NC(=O)c3c(F)cccc3F)cc2)CCN(C(=O)OC)CC1. The van der Waals surface area contributed by atoms with Crippen LogP contribution in [-0.2, 0) is 14.3 Å². The number of rotatable bonds is 5. The van der Waals surface area contributed by atoms with E-state index in [4.69, 9.17) is 9.47 Å². The summed E-state index contributed by atoms with van der Waals surface area (Å²) in [5.41, 5.74) is 1.56. The van der Waals surface area contributed by atoms with Crippen LogP contribution in [0.15, 0.2) is 48.0 Å². The molecule has 0 saturated heterocycles. The predicted octanol–water partition coefficient (Wildman–Crippen LogP) is 4.40. The summed E-state index contributed by atoms with van der Waals surface area (Å²) in [6, 6.07) is 9.72. The van der Waals surface area contributed by atoms with Gasteiger partial charge in [0, 0.05) is 24.4 Å². The summed E-state index contributed by atoms with van der Waals surface area (Å²) in [5, 5.41) is 2.47. The third kappa shape index (κ3) is 5.54. The zero-order valence-electron chi connectivity index (χ0n) is 18.3. The van der Waals surface area contributed by atoms with Gasteiger partial charge in [-0.3, -0.25) is 4.79 Å². The van der Waals surface area contributed by atoms with Crippen LogP contribution < -0.4 is 5.32 Å². The molecule has 2 aromatic carbocycles. The average molecular weight is 458 g/mol. The molecule has 0 atom stereocenters. The third-order valence-electron chi connectivity index (χ3n) is 5.26. The van der Waals surface area contributed by atoms with Crippen molar-refractivity contribution in [2.75, 3.05) is 32.1 Å². The summed E-state index contributed by atoms with van der Waals surface area (Å²) in [6.45, 7) is 2.60. The topological polar surface area (TPSA) is 84.9 Å². The van der Waals surface area contributed by atoms with Crippen LogP contribution in [0, 0.1) is 11.6 Å². The van der Waals surface area contributed by atoms with Gasteiger partial charge in [0.05, 0.1) is 13.7 Å². The molecule has 1 aliphatic rings. The molecule has 2 aromatic rings. The van der Waals surface area contributed by atoms with Crippen molar-refractivity contribution < 1.29 is 32.6 Å². The molecule has 7 nitrogen and oxygen atoms in total. The lowest BCUT2D eigenvalue weighted by atomic mass is 9.96. The summed E-state index contributed by atoms with van der Waals surface area (Å²) in [5.74, 6) is -3.27. The third-order valence-corrected chi connectivity index (χ3v) is 5.26. The van der Waals surface area contributed by atoms with Crippen LogP contribution in [0.1, 0.15) is 35.7 Å². The molecule has 174 valence electrons. The Morgan fingerprint density at radius 2 is 1.64 bits per heavy atom. The Morgan fingerprint density at radius 1 is 1.00 bits per heavy atom. The molecule has 3 rings (SSSR count). The van der Waals surface area contributed by atoms with E-state index < -0.39 is 35.2 Å². The first-order valence-electron chi connectivity index (χ1n) is 10.4. The minimum Gasteiger partial charge on any atom is -0.463 e. The fraction of sp³-hybridized carbons (Fsp3) is 0.292. The van der Waals surface area contributed by atoms with E-state index in [-0.39, 0.29) is 6.61 Å². The molecule has 1 heterocycles. The predicted molar refractivity (Wildman–Crippen MR) is 118 cm³/mol. The van der Waals surface area contributed by atoms with Crippen LogP contribution in [0.5, 0.6) is 0 Å². The van der Waals surface area contributed by atoms with Crippen molar-refractivity contribution in [3.8, 4) is 0 Å². The van der Waals surface area contributed by atoms with Gasteiger partial charge in [-0.15, -0.1) is 0 Å². The quantitative estimate of drug-likeness (QED) is 0.672. The van der Waals surface area contributed by atoms with E-state index in [1.54, 1.807) is 31.2 Å². The number of amides is 2. The average Bonchev–Trinajstić information content (AvgIpc) is 3.02. The summed E-state index contributed by atoms with van der Waals surface area (Å²) in [7, 11) is 1.30. The number of nitrogens with one attached hydrogen (secondary N) is 1. The molecule has 0 saturated carbocycles. The van der Waals surface area contributed by atoms with Gasteiger partial charge in [-0.25, -0.2) is 18.4 Å². The highest BCUT2D eigenvalue weighted by molar-refractivity contribution is 6.05. The monoisotopic (exact) mass is 458 g/mol. The van der Waals surface area contributed by atoms with Crippen LogP contribution >= 0.6 is 0 Å². The van der Waals surface area contributed by atoms with Gasteiger partial charge in [0.1, 0.15) is 17.2 Å². The van der Waals surface area contributed by atoms with Gasteiger partial charge in [-0.1, -0.05) is 18.2 Å². The smallest absolute Gasteiger partial charge is 0.409 e. The minimum atomic E-state index is -0.957. The molecule has 0 aromatic heterocycles. The number of hydrogen-bond donors (Lipinski definition) is 1. The van der Waals surface area contributed by atoms with E-state index in [9.17, 15) is 23.2 Å². The molecular formula is C24H24F2N2O5. The van der Waals surface area contributed by atoms with E-state index in [1.807, 2.05) is 0 Å². The molecule has 0 unspecified atom stereocenters. The van der Waals surface area contributed by atoms with Gasteiger partial charge in [0.15, 0.2) is 0 Å². The Labute approximate surface area is 190 Å². The number of benzene rings is 2. The van der Waals surface area contributed by atoms with Crippen LogP contribution in [0.3, 0.4) is 0 Å². The van der Waals surface area contributed by atoms with Crippen LogP contribution in [0.2, 0.25) is 0 Å². The molecule has 1 aliphatic heterocycles. The van der Waals surface area contributed by atoms with Gasteiger partial charge in [-0.2, -0.15) is 0 Å². The van der Waals surface area contributed by atoms with Crippen molar-refractivity contribution in [1.29, 1.82) is 0 Å². The molecule has 33 heavy (non-hydrogen) atoms. The summed E-state index contributed by atoms with van der Waals surface area (Å²) in [4.78, 5) is 38.4. The first-order chi connectivity index (χ1) is 15.8. The van der Waals surface area contributed by atoms with Crippen molar-refractivity contribution >= 4 is 29.2 Å². The highest BCUT2D eigenvalue weighted by Crippen LogP contribution is 2.30. The van der Waals surface area contributed by atoms with Gasteiger partial charge in [0.2, 0.25) is 0 Å². The largest absolute Gasteiger partial charge is 0.463 e. The van der Waals surface area contributed by atoms with Crippen LogP contribution in [0.4, 0.5) is 19.3 Å². The molecule has 2 amide bonds. The minimum absolute atomic E-state index is 0.216. The molecule has 0 radical (unpaired) electrons. The fourth-order valence-electron chi connectivity index (χ4n) is 3.64. The summed E-state index contributed by atoms with van der Waals surface area (Å²) >= 11 is 0. The van der Waals surface area contributed by atoms with Gasteiger partial charge < -0.3 is 19.7 Å². The Kier molecular flexibility index (Phi) is 7.76. The van der Waals surface area contributed by atoms with E-state index in [0.29, 0.717) is 42.8 Å². The van der Waals surface area contributed by atoms with Crippen molar-refractivity contribution in [3.05, 3.63) is 70.8 Å². The first kappa shape index (κ1) is 23.9. The zero-order chi connectivity index (χ0) is 24.0. The second kappa shape index (κ2) is 10.7. The highest BCUT2D eigenvalue weighted by Gasteiger charge is 2.26. The molecule has 0 fully saturated rings. The molecule has 1 N–H and O–H groups in total. The molecule has 0 spiro atoms. The standard InChI is InChI=1S/C24H24F2N2O5/c1-3-33-23(30)18-12-14-28(24(31)32-2)13-11-17(18)15-7-9-16(10-8-15)27-22(29)21-19(25)5-4-6-20(21)26/h4-10H,3,11-14H2,1-2H3,(H,27,29). The Hall–Kier alpha value is -3.75. The second-order valence-electron chi connectivity index (χ2n) is 7.26. The molecule has 0 bridgehead atoms. The lowest BCUT2D eigenvalue weighted by molar-refractivity contribution is -0.138. The number of methoxy groups -OCH3 is 1.